The van der Waals surface area contributed by atoms with Gasteiger partial charge in [0.15, 0.2) is 6.61 Å². The molecule has 0 spiro atoms. The van der Waals surface area contributed by atoms with E-state index < -0.39 is 22.6 Å². The van der Waals surface area contributed by atoms with Crippen molar-refractivity contribution in [2.75, 3.05) is 18.1 Å². The molecule has 2 N–H and O–H groups in total. The number of anilines is 1. The van der Waals surface area contributed by atoms with Gasteiger partial charge in [0.05, 0.1) is 11.3 Å². The number of esters is 1. The van der Waals surface area contributed by atoms with Crippen molar-refractivity contribution in [1.29, 1.82) is 0 Å². The third-order valence-electron chi connectivity index (χ3n) is 4.23. The van der Waals surface area contributed by atoms with Crippen LogP contribution in [0.4, 0.5) is 5.69 Å². The van der Waals surface area contributed by atoms with Crippen LogP contribution in [0.15, 0.2) is 47.4 Å². The van der Waals surface area contributed by atoms with Gasteiger partial charge in [-0.25, -0.2) is 13.6 Å². The van der Waals surface area contributed by atoms with E-state index in [1.165, 1.54) is 23.1 Å². The van der Waals surface area contributed by atoms with Crippen LogP contribution in [-0.2, 0) is 37.2 Å². The molecule has 7 nitrogen and oxygen atoms in total. The van der Waals surface area contributed by atoms with Gasteiger partial charge in [-0.05, 0) is 41.8 Å². The Morgan fingerprint density at radius 3 is 2.63 bits per heavy atom. The molecule has 0 saturated heterocycles. The molecule has 0 unspecified atom stereocenters. The number of carbonyl (C=O) groups is 2. The number of primary sulfonamides is 1. The molecule has 0 aliphatic carbocycles. The van der Waals surface area contributed by atoms with Crippen molar-refractivity contribution in [2.45, 2.75) is 17.7 Å². The molecule has 1 aliphatic heterocycles. The Labute approximate surface area is 161 Å². The van der Waals surface area contributed by atoms with E-state index in [-0.39, 0.29) is 17.2 Å². The van der Waals surface area contributed by atoms with Crippen molar-refractivity contribution in [3.63, 3.8) is 0 Å². The van der Waals surface area contributed by atoms with E-state index in [2.05, 4.69) is 0 Å². The first-order valence-electron chi connectivity index (χ1n) is 8.11. The molecule has 0 fully saturated rings. The van der Waals surface area contributed by atoms with E-state index >= 15 is 0 Å². The molecule has 2 aromatic carbocycles. The van der Waals surface area contributed by atoms with E-state index in [1.807, 2.05) is 0 Å². The van der Waals surface area contributed by atoms with E-state index in [1.54, 1.807) is 24.3 Å². The predicted molar refractivity (Wildman–Crippen MR) is 100.0 cm³/mol. The largest absolute Gasteiger partial charge is 0.455 e. The Balaban J connectivity index is 1.62. The zero-order chi connectivity index (χ0) is 19.6. The average molecular weight is 409 g/mol. The summed E-state index contributed by atoms with van der Waals surface area (Å²) in [4.78, 5) is 25.8. The van der Waals surface area contributed by atoms with Gasteiger partial charge >= 0.3 is 5.97 Å². The summed E-state index contributed by atoms with van der Waals surface area (Å²) >= 11 is 6.00. The average Bonchev–Trinajstić information content (AvgIpc) is 3.04. The first kappa shape index (κ1) is 19.3. The number of nitrogens with zero attached hydrogens (tertiary/aromatic N) is 1. The number of fused-ring (bicyclic) bond motifs is 1. The van der Waals surface area contributed by atoms with Gasteiger partial charge in [-0.2, -0.15) is 0 Å². The topological polar surface area (TPSA) is 107 Å². The van der Waals surface area contributed by atoms with Crippen molar-refractivity contribution in [2.24, 2.45) is 5.14 Å². The molecular formula is C18H17ClN2O5S. The minimum absolute atomic E-state index is 0.00159. The number of carbonyl (C=O) groups excluding carboxylic acids is 2. The van der Waals surface area contributed by atoms with Crippen molar-refractivity contribution in [3.05, 3.63) is 58.6 Å². The summed E-state index contributed by atoms with van der Waals surface area (Å²) in [5.74, 6) is -0.940. The summed E-state index contributed by atoms with van der Waals surface area (Å²) in [7, 11) is -3.80. The van der Waals surface area contributed by atoms with Gasteiger partial charge in [0.2, 0.25) is 10.0 Å². The van der Waals surface area contributed by atoms with E-state index in [0.29, 0.717) is 34.8 Å². The lowest BCUT2D eigenvalue weighted by Crippen LogP contribution is -2.33. The second kappa shape index (κ2) is 7.67. The molecule has 1 aliphatic rings. The summed E-state index contributed by atoms with van der Waals surface area (Å²) in [5.41, 5.74) is 1.92. The van der Waals surface area contributed by atoms with Crippen LogP contribution in [0.2, 0.25) is 5.02 Å². The monoisotopic (exact) mass is 408 g/mol. The summed E-state index contributed by atoms with van der Waals surface area (Å²) in [6.45, 7) is -0.0238. The molecule has 0 bridgehead atoms. The van der Waals surface area contributed by atoms with Gasteiger partial charge in [-0.1, -0.05) is 29.8 Å². The summed E-state index contributed by atoms with van der Waals surface area (Å²) in [6, 6.07) is 11.2. The summed E-state index contributed by atoms with van der Waals surface area (Å²) in [6.07, 6.45) is 0.471. The van der Waals surface area contributed by atoms with Crippen LogP contribution >= 0.6 is 11.6 Å². The number of ether oxygens (including phenoxy) is 1. The lowest BCUT2D eigenvalue weighted by atomic mass is 10.1. The quantitative estimate of drug-likeness (QED) is 0.757. The van der Waals surface area contributed by atoms with Crippen molar-refractivity contribution in [1.82, 2.24) is 0 Å². The van der Waals surface area contributed by atoms with Crippen LogP contribution in [0.5, 0.6) is 0 Å². The van der Waals surface area contributed by atoms with Crippen LogP contribution in [0.3, 0.4) is 0 Å². The van der Waals surface area contributed by atoms with Gasteiger partial charge in [0.25, 0.3) is 5.91 Å². The van der Waals surface area contributed by atoms with E-state index in [4.69, 9.17) is 21.5 Å². The van der Waals surface area contributed by atoms with Crippen LogP contribution in [-0.4, -0.2) is 33.4 Å². The highest BCUT2D eigenvalue weighted by Gasteiger charge is 2.26. The number of hydrogen-bond donors (Lipinski definition) is 1. The molecule has 3 rings (SSSR count). The number of hydrogen-bond acceptors (Lipinski definition) is 5. The molecule has 2 aromatic rings. The van der Waals surface area contributed by atoms with Gasteiger partial charge in [-0.3, -0.25) is 9.59 Å². The Hall–Kier alpha value is -2.42. The Kier molecular flexibility index (Phi) is 5.50. The molecule has 9 heteroatoms. The van der Waals surface area contributed by atoms with Gasteiger partial charge in [-0.15, -0.1) is 0 Å². The van der Waals surface area contributed by atoms with E-state index in [9.17, 15) is 18.0 Å². The highest BCUT2D eigenvalue weighted by molar-refractivity contribution is 7.89. The second-order valence-electron chi connectivity index (χ2n) is 6.06. The minimum Gasteiger partial charge on any atom is -0.455 e. The highest BCUT2D eigenvalue weighted by atomic mass is 35.5. The number of rotatable bonds is 5. The number of benzene rings is 2. The molecule has 1 heterocycles. The maximum absolute atomic E-state index is 12.4. The van der Waals surface area contributed by atoms with Crippen molar-refractivity contribution in [3.8, 4) is 0 Å². The fourth-order valence-corrected chi connectivity index (χ4v) is 3.65. The Morgan fingerprint density at radius 2 is 1.93 bits per heavy atom. The van der Waals surface area contributed by atoms with Crippen LogP contribution < -0.4 is 10.0 Å². The Bertz CT molecular complexity index is 1010. The predicted octanol–water partition coefficient (Wildman–Crippen LogP) is 1.66. The summed E-state index contributed by atoms with van der Waals surface area (Å²) < 4.78 is 27.9. The van der Waals surface area contributed by atoms with Gasteiger partial charge in [0, 0.05) is 17.3 Å². The first-order valence-corrected chi connectivity index (χ1v) is 10.0. The number of amides is 1. The molecular weight excluding hydrogens is 392 g/mol. The second-order valence-corrected chi connectivity index (χ2v) is 8.03. The SMILES string of the molecule is NS(=O)(=O)c1ccc2c(c1)CCN2C(=O)COC(=O)Cc1ccccc1Cl. The van der Waals surface area contributed by atoms with Crippen LogP contribution in [0.25, 0.3) is 0 Å². The fourth-order valence-electron chi connectivity index (χ4n) is 2.88. The maximum Gasteiger partial charge on any atom is 0.310 e. The van der Waals surface area contributed by atoms with Crippen LogP contribution in [0.1, 0.15) is 11.1 Å². The zero-order valence-electron chi connectivity index (χ0n) is 14.2. The molecule has 0 radical (unpaired) electrons. The van der Waals surface area contributed by atoms with Crippen LogP contribution in [0, 0.1) is 0 Å². The smallest absolute Gasteiger partial charge is 0.310 e. The zero-order valence-corrected chi connectivity index (χ0v) is 15.8. The summed E-state index contributed by atoms with van der Waals surface area (Å²) in [5, 5.41) is 5.58. The third-order valence-corrected chi connectivity index (χ3v) is 5.51. The van der Waals surface area contributed by atoms with Crippen molar-refractivity contribution >= 4 is 39.2 Å². The molecule has 27 heavy (non-hydrogen) atoms. The van der Waals surface area contributed by atoms with Gasteiger partial charge in [0.1, 0.15) is 0 Å². The lowest BCUT2D eigenvalue weighted by Gasteiger charge is -2.17. The fraction of sp³-hybridized carbons (Fsp3) is 0.222. The molecule has 0 atom stereocenters. The molecule has 142 valence electrons. The number of sulfonamides is 1. The van der Waals surface area contributed by atoms with Gasteiger partial charge < -0.3 is 9.64 Å². The number of nitrogens with two attached hydrogens (primary N) is 1. The Morgan fingerprint density at radius 1 is 1.19 bits per heavy atom. The normalized spacial score (nSPS) is 13.3. The molecule has 0 saturated carbocycles. The maximum atomic E-state index is 12.4. The van der Waals surface area contributed by atoms with Crippen molar-refractivity contribution < 1.29 is 22.7 Å². The highest BCUT2D eigenvalue weighted by Crippen LogP contribution is 2.30. The molecule has 1 amide bonds. The third kappa shape index (κ3) is 4.47. The van der Waals surface area contributed by atoms with E-state index in [0.717, 1.165) is 0 Å². The number of halogens is 1. The first-order chi connectivity index (χ1) is 12.8. The minimum atomic E-state index is -3.80. The molecule has 0 aromatic heterocycles. The lowest BCUT2D eigenvalue weighted by molar-refractivity contribution is -0.147. The standard InChI is InChI=1S/C18H17ClN2O5S/c19-15-4-2-1-3-12(15)10-18(23)26-11-17(22)21-8-7-13-9-14(27(20,24)25)5-6-16(13)21/h1-6,9H,7-8,10-11H2,(H2,20,24,25).